The predicted molar refractivity (Wildman–Crippen MR) is 80.5 cm³/mol. The van der Waals surface area contributed by atoms with Gasteiger partial charge in [0.25, 0.3) is 0 Å². The largest absolute Gasteiger partial charge is 0.393 e. The van der Waals surface area contributed by atoms with E-state index in [1.165, 1.54) is 18.4 Å². The summed E-state index contributed by atoms with van der Waals surface area (Å²) in [6, 6.07) is 10.6. The highest BCUT2D eigenvalue weighted by Gasteiger charge is 2.43. The maximum Gasteiger partial charge on any atom is 0.0733 e. The molecule has 0 aromatic heterocycles. The van der Waals surface area contributed by atoms with E-state index in [1.807, 2.05) is 0 Å². The van der Waals surface area contributed by atoms with E-state index in [4.69, 9.17) is 18.0 Å². The highest BCUT2D eigenvalue weighted by Crippen LogP contribution is 2.49. The molecule has 0 atom stereocenters. The minimum atomic E-state index is 0.386. The minimum absolute atomic E-state index is 0.386. The van der Waals surface area contributed by atoms with E-state index >= 15 is 0 Å². The molecule has 1 saturated carbocycles. The van der Waals surface area contributed by atoms with Crippen molar-refractivity contribution >= 4 is 17.2 Å². The van der Waals surface area contributed by atoms with Gasteiger partial charge in [-0.25, -0.2) is 0 Å². The molecule has 0 aliphatic heterocycles. The topological polar surface area (TPSA) is 29.3 Å². The Balaban J connectivity index is 1.92. The van der Waals surface area contributed by atoms with Crippen LogP contribution in [0.2, 0.25) is 0 Å². The SMILES string of the molecule is CCN(Cc1ccccc1)CC1(CC(N)=S)CC1. The molecule has 0 bridgehead atoms. The molecule has 1 aromatic carbocycles. The quantitative estimate of drug-likeness (QED) is 0.766. The Hall–Kier alpha value is -0.930. The van der Waals surface area contributed by atoms with Gasteiger partial charge in [-0.2, -0.15) is 0 Å². The van der Waals surface area contributed by atoms with Crippen molar-refractivity contribution in [3.63, 3.8) is 0 Å². The summed E-state index contributed by atoms with van der Waals surface area (Å²) in [5.74, 6) is 0. The zero-order valence-electron chi connectivity index (χ0n) is 11.1. The van der Waals surface area contributed by atoms with Crippen LogP contribution in [0.1, 0.15) is 31.7 Å². The van der Waals surface area contributed by atoms with Crippen molar-refractivity contribution in [3.8, 4) is 0 Å². The standard InChI is InChI=1S/C15H22N2S/c1-2-17(11-13-6-4-3-5-7-13)12-15(8-9-15)10-14(16)18/h3-7H,2,8-12H2,1H3,(H2,16,18). The fourth-order valence-electron chi connectivity index (χ4n) is 2.53. The predicted octanol–water partition coefficient (Wildman–Crippen LogP) is 2.96. The Labute approximate surface area is 115 Å². The van der Waals surface area contributed by atoms with E-state index in [9.17, 15) is 0 Å². The molecule has 1 aliphatic carbocycles. The number of nitrogens with two attached hydrogens (primary N) is 1. The van der Waals surface area contributed by atoms with Gasteiger partial charge in [0.15, 0.2) is 0 Å². The zero-order valence-corrected chi connectivity index (χ0v) is 11.9. The number of benzene rings is 1. The van der Waals surface area contributed by atoms with Crippen molar-refractivity contribution in [2.75, 3.05) is 13.1 Å². The van der Waals surface area contributed by atoms with Gasteiger partial charge in [0, 0.05) is 19.5 Å². The van der Waals surface area contributed by atoms with Gasteiger partial charge in [0.1, 0.15) is 0 Å². The Morgan fingerprint density at radius 1 is 1.33 bits per heavy atom. The summed E-state index contributed by atoms with van der Waals surface area (Å²) in [6.07, 6.45) is 3.46. The lowest BCUT2D eigenvalue weighted by molar-refractivity contribution is 0.225. The maximum atomic E-state index is 5.70. The third kappa shape index (κ3) is 3.79. The van der Waals surface area contributed by atoms with Crippen LogP contribution >= 0.6 is 12.2 Å². The summed E-state index contributed by atoms with van der Waals surface area (Å²) < 4.78 is 0. The molecule has 3 heteroatoms. The number of nitrogens with zero attached hydrogens (tertiary/aromatic N) is 1. The number of thiocarbonyl (C=S) groups is 1. The fourth-order valence-corrected chi connectivity index (χ4v) is 2.84. The first kappa shape index (κ1) is 13.5. The van der Waals surface area contributed by atoms with Crippen molar-refractivity contribution in [1.82, 2.24) is 4.90 Å². The van der Waals surface area contributed by atoms with Crippen molar-refractivity contribution in [2.24, 2.45) is 11.1 Å². The molecule has 0 heterocycles. The van der Waals surface area contributed by atoms with Gasteiger partial charge >= 0.3 is 0 Å². The normalized spacial score (nSPS) is 16.8. The summed E-state index contributed by atoms with van der Waals surface area (Å²) in [7, 11) is 0. The van der Waals surface area contributed by atoms with Gasteiger partial charge in [-0.3, -0.25) is 4.90 Å². The van der Waals surface area contributed by atoms with Crippen LogP contribution in [-0.4, -0.2) is 23.0 Å². The summed E-state index contributed by atoms with van der Waals surface area (Å²) in [5, 5.41) is 0. The Kier molecular flexibility index (Phi) is 4.36. The van der Waals surface area contributed by atoms with E-state index in [2.05, 4.69) is 42.2 Å². The molecule has 2 nitrogen and oxygen atoms in total. The Bertz CT molecular complexity index is 398. The van der Waals surface area contributed by atoms with Crippen LogP contribution in [0.3, 0.4) is 0 Å². The molecule has 98 valence electrons. The van der Waals surface area contributed by atoms with Crippen LogP contribution in [0.15, 0.2) is 30.3 Å². The lowest BCUT2D eigenvalue weighted by Crippen LogP contribution is -2.32. The van der Waals surface area contributed by atoms with E-state index in [-0.39, 0.29) is 0 Å². The number of rotatable bonds is 7. The molecule has 2 rings (SSSR count). The van der Waals surface area contributed by atoms with Gasteiger partial charge in [0.05, 0.1) is 4.99 Å². The van der Waals surface area contributed by atoms with Crippen LogP contribution < -0.4 is 5.73 Å². The highest BCUT2D eigenvalue weighted by atomic mass is 32.1. The number of hydrogen-bond donors (Lipinski definition) is 1. The minimum Gasteiger partial charge on any atom is -0.393 e. The van der Waals surface area contributed by atoms with Crippen molar-refractivity contribution in [2.45, 2.75) is 32.7 Å². The second kappa shape index (κ2) is 5.81. The van der Waals surface area contributed by atoms with Crippen LogP contribution in [0.25, 0.3) is 0 Å². The zero-order chi connectivity index (χ0) is 13.0. The van der Waals surface area contributed by atoms with Gasteiger partial charge in [-0.05, 0) is 30.4 Å². The van der Waals surface area contributed by atoms with Gasteiger partial charge < -0.3 is 5.73 Å². The first-order valence-electron chi connectivity index (χ1n) is 6.68. The first-order chi connectivity index (χ1) is 8.63. The molecule has 2 N–H and O–H groups in total. The van der Waals surface area contributed by atoms with Crippen LogP contribution in [0.4, 0.5) is 0 Å². The maximum absolute atomic E-state index is 5.70. The van der Waals surface area contributed by atoms with E-state index < -0.39 is 0 Å². The first-order valence-corrected chi connectivity index (χ1v) is 7.09. The fraction of sp³-hybridized carbons (Fsp3) is 0.533. The Morgan fingerprint density at radius 2 is 2.00 bits per heavy atom. The molecule has 0 unspecified atom stereocenters. The van der Waals surface area contributed by atoms with Crippen LogP contribution in [-0.2, 0) is 6.54 Å². The second-order valence-electron chi connectivity index (χ2n) is 5.43. The monoisotopic (exact) mass is 262 g/mol. The van der Waals surface area contributed by atoms with Gasteiger partial charge in [0.2, 0.25) is 0 Å². The average molecular weight is 262 g/mol. The summed E-state index contributed by atoms with van der Waals surface area (Å²) in [6.45, 7) is 5.44. The second-order valence-corrected chi connectivity index (χ2v) is 5.96. The molecule has 1 fully saturated rings. The molecular weight excluding hydrogens is 240 g/mol. The molecule has 1 aliphatic rings. The van der Waals surface area contributed by atoms with Crippen LogP contribution in [0.5, 0.6) is 0 Å². The summed E-state index contributed by atoms with van der Waals surface area (Å²) in [4.78, 5) is 3.17. The molecule has 18 heavy (non-hydrogen) atoms. The number of hydrogen-bond acceptors (Lipinski definition) is 2. The molecule has 0 saturated heterocycles. The third-order valence-electron chi connectivity index (χ3n) is 3.76. The van der Waals surface area contributed by atoms with E-state index in [0.717, 1.165) is 26.1 Å². The van der Waals surface area contributed by atoms with Gasteiger partial charge in [-0.15, -0.1) is 0 Å². The molecule has 0 radical (unpaired) electrons. The highest BCUT2D eigenvalue weighted by molar-refractivity contribution is 7.80. The molecule has 0 amide bonds. The van der Waals surface area contributed by atoms with Gasteiger partial charge in [-0.1, -0.05) is 49.5 Å². The summed E-state index contributed by atoms with van der Waals surface area (Å²) >= 11 is 5.06. The smallest absolute Gasteiger partial charge is 0.0733 e. The lowest BCUT2D eigenvalue weighted by atomic mass is 10.0. The Morgan fingerprint density at radius 3 is 2.50 bits per heavy atom. The average Bonchev–Trinajstić information content (AvgIpc) is 3.08. The van der Waals surface area contributed by atoms with E-state index in [1.54, 1.807) is 0 Å². The van der Waals surface area contributed by atoms with Crippen molar-refractivity contribution in [3.05, 3.63) is 35.9 Å². The molecular formula is C15H22N2S. The summed E-state index contributed by atoms with van der Waals surface area (Å²) in [5.41, 5.74) is 7.47. The molecule has 0 spiro atoms. The van der Waals surface area contributed by atoms with Crippen molar-refractivity contribution in [1.29, 1.82) is 0 Å². The van der Waals surface area contributed by atoms with Crippen LogP contribution in [0, 0.1) is 5.41 Å². The van der Waals surface area contributed by atoms with Crippen molar-refractivity contribution < 1.29 is 0 Å². The lowest BCUT2D eigenvalue weighted by Gasteiger charge is -2.26. The van der Waals surface area contributed by atoms with E-state index in [0.29, 0.717) is 10.4 Å². The third-order valence-corrected chi connectivity index (χ3v) is 3.91. The molecule has 1 aromatic rings.